The Morgan fingerprint density at radius 3 is 2.56 bits per heavy atom. The predicted octanol–water partition coefficient (Wildman–Crippen LogP) is 1.84. The fourth-order valence-corrected chi connectivity index (χ4v) is 1.23. The molecule has 0 aromatic heterocycles. The number of ether oxygens (including phenoxy) is 1. The molecule has 0 saturated carbocycles. The normalized spacial score (nSPS) is 11.1. The van der Waals surface area contributed by atoms with Crippen LogP contribution in [0.1, 0.15) is 29.8 Å². The summed E-state index contributed by atoms with van der Waals surface area (Å²) >= 11 is 0. The maximum atomic E-state index is 11.8. The summed E-state index contributed by atoms with van der Waals surface area (Å²) in [4.78, 5) is 22.7. The van der Waals surface area contributed by atoms with Crippen LogP contribution in [0.4, 0.5) is 5.69 Å². The van der Waals surface area contributed by atoms with E-state index in [-0.39, 0.29) is 12.2 Å². The van der Waals surface area contributed by atoms with Crippen LogP contribution in [0, 0.1) is 12.3 Å². The number of esters is 1. The van der Waals surface area contributed by atoms with Crippen molar-refractivity contribution >= 4 is 17.6 Å². The zero-order valence-corrected chi connectivity index (χ0v) is 10.7. The first-order valence-corrected chi connectivity index (χ1v) is 5.50. The van der Waals surface area contributed by atoms with Crippen LogP contribution in [0.2, 0.25) is 0 Å². The van der Waals surface area contributed by atoms with Crippen molar-refractivity contribution in [3.8, 4) is 0 Å². The number of hydrogen-bond donors (Lipinski definition) is 2. The van der Waals surface area contributed by atoms with Gasteiger partial charge in [0, 0.05) is 5.69 Å². The first-order chi connectivity index (χ1) is 8.24. The number of carbonyl (C=O) groups is 2. The lowest BCUT2D eigenvalue weighted by Crippen LogP contribution is -2.30. The van der Waals surface area contributed by atoms with Gasteiger partial charge in [-0.2, -0.15) is 0 Å². The zero-order valence-electron chi connectivity index (χ0n) is 10.7. The van der Waals surface area contributed by atoms with Crippen LogP contribution in [0.15, 0.2) is 18.2 Å². The van der Waals surface area contributed by atoms with Gasteiger partial charge in [-0.3, -0.25) is 4.79 Å². The second kappa shape index (κ2) is 5.08. The average molecular weight is 251 g/mol. The van der Waals surface area contributed by atoms with E-state index in [9.17, 15) is 9.59 Å². The third-order valence-electron chi connectivity index (χ3n) is 2.57. The van der Waals surface area contributed by atoms with Gasteiger partial charge in [0.15, 0.2) is 0 Å². The Morgan fingerprint density at radius 2 is 2.00 bits per heavy atom. The SMILES string of the molecule is Cc1ccc(N)c(C(=O)OCC(C)(C)C(=O)O)c1. The molecule has 0 atom stereocenters. The molecular weight excluding hydrogens is 234 g/mol. The number of rotatable bonds is 4. The number of carbonyl (C=O) groups excluding carboxylic acids is 1. The van der Waals surface area contributed by atoms with Gasteiger partial charge in [0.1, 0.15) is 6.61 Å². The third-order valence-corrected chi connectivity index (χ3v) is 2.57. The second-order valence-electron chi connectivity index (χ2n) is 4.86. The lowest BCUT2D eigenvalue weighted by Gasteiger charge is -2.18. The zero-order chi connectivity index (χ0) is 13.9. The Balaban J connectivity index is 2.78. The van der Waals surface area contributed by atoms with Gasteiger partial charge in [-0.05, 0) is 32.9 Å². The van der Waals surface area contributed by atoms with Gasteiger partial charge in [-0.25, -0.2) is 4.79 Å². The van der Waals surface area contributed by atoms with Crippen LogP contribution in [0.25, 0.3) is 0 Å². The topological polar surface area (TPSA) is 89.6 Å². The summed E-state index contributed by atoms with van der Waals surface area (Å²) < 4.78 is 4.99. The van der Waals surface area contributed by atoms with Crippen LogP contribution in [-0.2, 0) is 9.53 Å². The van der Waals surface area contributed by atoms with E-state index in [1.807, 2.05) is 6.92 Å². The van der Waals surface area contributed by atoms with Crippen LogP contribution in [0.3, 0.4) is 0 Å². The molecule has 0 unspecified atom stereocenters. The van der Waals surface area contributed by atoms with Gasteiger partial charge in [0.05, 0.1) is 11.0 Å². The van der Waals surface area contributed by atoms with Crippen LogP contribution in [-0.4, -0.2) is 23.7 Å². The van der Waals surface area contributed by atoms with Gasteiger partial charge in [-0.15, -0.1) is 0 Å². The number of aryl methyl sites for hydroxylation is 1. The molecule has 0 radical (unpaired) electrons. The van der Waals surface area contributed by atoms with E-state index in [4.69, 9.17) is 15.6 Å². The van der Waals surface area contributed by atoms with Crippen molar-refractivity contribution in [2.45, 2.75) is 20.8 Å². The van der Waals surface area contributed by atoms with Gasteiger partial charge in [0.25, 0.3) is 0 Å². The highest BCUT2D eigenvalue weighted by atomic mass is 16.5. The lowest BCUT2D eigenvalue weighted by molar-refractivity contribution is -0.149. The number of carboxylic acid groups (broad SMARTS) is 1. The largest absolute Gasteiger partial charge is 0.481 e. The Morgan fingerprint density at radius 1 is 1.39 bits per heavy atom. The second-order valence-corrected chi connectivity index (χ2v) is 4.86. The minimum absolute atomic E-state index is 0.200. The summed E-state index contributed by atoms with van der Waals surface area (Å²) in [6, 6.07) is 5.02. The first-order valence-electron chi connectivity index (χ1n) is 5.50. The fraction of sp³-hybridized carbons (Fsp3) is 0.385. The molecule has 0 bridgehead atoms. The van der Waals surface area contributed by atoms with E-state index in [1.165, 1.54) is 13.8 Å². The Bertz CT molecular complexity index is 480. The molecule has 0 amide bonds. The van der Waals surface area contributed by atoms with Crippen molar-refractivity contribution < 1.29 is 19.4 Å². The molecule has 0 saturated heterocycles. The predicted molar refractivity (Wildman–Crippen MR) is 67.3 cm³/mol. The van der Waals surface area contributed by atoms with E-state index < -0.39 is 17.4 Å². The van der Waals surface area contributed by atoms with Crippen LogP contribution >= 0.6 is 0 Å². The molecule has 0 spiro atoms. The molecule has 0 fully saturated rings. The molecule has 1 aromatic carbocycles. The van der Waals surface area contributed by atoms with Crippen molar-refractivity contribution in [1.29, 1.82) is 0 Å². The summed E-state index contributed by atoms with van der Waals surface area (Å²) in [6.07, 6.45) is 0. The fourth-order valence-electron chi connectivity index (χ4n) is 1.23. The van der Waals surface area contributed by atoms with Crippen molar-refractivity contribution in [1.82, 2.24) is 0 Å². The summed E-state index contributed by atoms with van der Waals surface area (Å²) in [5, 5.41) is 8.91. The lowest BCUT2D eigenvalue weighted by atomic mass is 9.95. The van der Waals surface area contributed by atoms with E-state index >= 15 is 0 Å². The van der Waals surface area contributed by atoms with Crippen molar-refractivity contribution in [3.63, 3.8) is 0 Å². The number of nitrogen functional groups attached to an aromatic ring is 1. The van der Waals surface area contributed by atoms with Crippen molar-refractivity contribution in [3.05, 3.63) is 29.3 Å². The molecule has 98 valence electrons. The van der Waals surface area contributed by atoms with Gasteiger partial charge in [0.2, 0.25) is 0 Å². The molecule has 0 aliphatic carbocycles. The smallest absolute Gasteiger partial charge is 0.340 e. The quantitative estimate of drug-likeness (QED) is 0.629. The highest BCUT2D eigenvalue weighted by Gasteiger charge is 2.29. The Labute approximate surface area is 106 Å². The van der Waals surface area contributed by atoms with E-state index in [0.29, 0.717) is 5.69 Å². The number of nitrogens with two attached hydrogens (primary N) is 1. The van der Waals surface area contributed by atoms with E-state index in [1.54, 1.807) is 18.2 Å². The summed E-state index contributed by atoms with van der Waals surface area (Å²) in [7, 11) is 0. The van der Waals surface area contributed by atoms with Crippen molar-refractivity contribution in [2.75, 3.05) is 12.3 Å². The number of anilines is 1. The summed E-state index contributed by atoms with van der Waals surface area (Å²) in [5.41, 5.74) is 6.02. The molecule has 0 heterocycles. The molecule has 5 heteroatoms. The highest BCUT2D eigenvalue weighted by molar-refractivity contribution is 5.95. The van der Waals surface area contributed by atoms with E-state index in [2.05, 4.69) is 0 Å². The number of carboxylic acids is 1. The number of benzene rings is 1. The van der Waals surface area contributed by atoms with Crippen molar-refractivity contribution in [2.24, 2.45) is 5.41 Å². The molecule has 0 aliphatic rings. The van der Waals surface area contributed by atoms with Gasteiger partial charge < -0.3 is 15.6 Å². The third kappa shape index (κ3) is 3.23. The molecule has 1 aromatic rings. The molecular formula is C13H17NO4. The van der Waals surface area contributed by atoms with Gasteiger partial charge in [-0.1, -0.05) is 11.6 Å². The Hall–Kier alpha value is -2.04. The molecule has 18 heavy (non-hydrogen) atoms. The highest BCUT2D eigenvalue weighted by Crippen LogP contribution is 2.19. The average Bonchev–Trinajstić information content (AvgIpc) is 2.29. The molecule has 1 rings (SSSR count). The minimum atomic E-state index is -1.12. The number of aliphatic carboxylic acids is 1. The summed E-state index contributed by atoms with van der Waals surface area (Å²) in [5.74, 6) is -1.63. The standard InChI is InChI=1S/C13H17NO4/c1-8-4-5-10(14)9(6-8)11(15)18-7-13(2,3)12(16)17/h4-6H,7,14H2,1-3H3,(H,16,17). The summed E-state index contributed by atoms with van der Waals surface area (Å²) in [6.45, 7) is 4.61. The van der Waals surface area contributed by atoms with Gasteiger partial charge >= 0.3 is 11.9 Å². The number of hydrogen-bond acceptors (Lipinski definition) is 4. The monoisotopic (exact) mass is 251 g/mol. The minimum Gasteiger partial charge on any atom is -0.481 e. The molecule has 5 nitrogen and oxygen atoms in total. The molecule has 0 aliphatic heterocycles. The Kier molecular flexibility index (Phi) is 3.96. The van der Waals surface area contributed by atoms with E-state index in [0.717, 1.165) is 5.56 Å². The maximum Gasteiger partial charge on any atom is 0.340 e. The molecule has 3 N–H and O–H groups in total. The van der Waals surface area contributed by atoms with Crippen LogP contribution < -0.4 is 5.73 Å². The maximum absolute atomic E-state index is 11.8. The first kappa shape index (κ1) is 14.0. The van der Waals surface area contributed by atoms with Crippen LogP contribution in [0.5, 0.6) is 0 Å².